The molecule has 7 heteroatoms. The van der Waals surface area contributed by atoms with Crippen LogP contribution in [0.3, 0.4) is 0 Å². The van der Waals surface area contributed by atoms with Crippen molar-refractivity contribution < 1.29 is 17.6 Å². The number of hydrogen-bond donors (Lipinski definition) is 2. The van der Waals surface area contributed by atoms with E-state index in [-0.39, 0.29) is 10.5 Å². The van der Waals surface area contributed by atoms with Gasteiger partial charge in [-0.15, -0.1) is 0 Å². The van der Waals surface area contributed by atoms with Gasteiger partial charge in [-0.3, -0.25) is 4.79 Å². The Bertz CT molecular complexity index is 859. The van der Waals surface area contributed by atoms with E-state index in [2.05, 4.69) is 10.0 Å². The number of benzene rings is 2. The number of hydrogen-bond acceptors (Lipinski definition) is 3. The molecule has 0 aliphatic rings. The normalized spacial score (nSPS) is 11.3. The van der Waals surface area contributed by atoms with Crippen LogP contribution in [0.4, 0.5) is 10.1 Å². The van der Waals surface area contributed by atoms with Crippen LogP contribution in [0.5, 0.6) is 0 Å². The Hall–Kier alpha value is -2.25. The summed E-state index contributed by atoms with van der Waals surface area (Å²) in [6, 6.07) is 9.02. The first-order chi connectivity index (χ1) is 11.2. The average molecular weight is 350 g/mol. The fourth-order valence-corrected chi connectivity index (χ4v) is 3.35. The Labute approximate surface area is 141 Å². The van der Waals surface area contributed by atoms with E-state index in [0.717, 1.165) is 23.3 Å². The van der Waals surface area contributed by atoms with Gasteiger partial charge < -0.3 is 5.32 Å². The lowest BCUT2D eigenvalue weighted by Crippen LogP contribution is -2.33. The highest BCUT2D eigenvalue weighted by Gasteiger charge is 2.16. The molecule has 0 radical (unpaired) electrons. The van der Waals surface area contributed by atoms with Gasteiger partial charge >= 0.3 is 0 Å². The quantitative estimate of drug-likeness (QED) is 0.870. The summed E-state index contributed by atoms with van der Waals surface area (Å²) in [5, 5.41) is 2.64. The van der Waals surface area contributed by atoms with E-state index >= 15 is 0 Å². The lowest BCUT2D eigenvalue weighted by molar-refractivity contribution is -0.115. The van der Waals surface area contributed by atoms with Crippen molar-refractivity contribution in [2.75, 3.05) is 11.9 Å². The molecule has 0 aliphatic heterocycles. The second-order valence-electron chi connectivity index (χ2n) is 5.66. The predicted octanol–water partition coefficient (Wildman–Crippen LogP) is 2.67. The molecule has 0 aromatic heterocycles. The van der Waals surface area contributed by atoms with E-state index in [1.165, 1.54) is 13.0 Å². The van der Waals surface area contributed by atoms with Gasteiger partial charge in [0.15, 0.2) is 0 Å². The Morgan fingerprint density at radius 2 is 1.67 bits per heavy atom. The third kappa shape index (κ3) is 4.62. The molecule has 0 unspecified atom stereocenters. The zero-order valence-corrected chi connectivity index (χ0v) is 14.5. The van der Waals surface area contributed by atoms with Gasteiger partial charge in [-0.1, -0.05) is 6.07 Å². The Balaban J connectivity index is 2.03. The zero-order chi connectivity index (χ0) is 17.9. The highest BCUT2D eigenvalue weighted by molar-refractivity contribution is 7.89. The van der Waals surface area contributed by atoms with Crippen molar-refractivity contribution in [3.8, 4) is 0 Å². The lowest BCUT2D eigenvalue weighted by atomic mass is 10.1. The van der Waals surface area contributed by atoms with Gasteiger partial charge in [-0.05, 0) is 67.8 Å². The van der Waals surface area contributed by atoms with Gasteiger partial charge in [0, 0.05) is 5.69 Å². The van der Waals surface area contributed by atoms with Crippen molar-refractivity contribution in [2.24, 2.45) is 0 Å². The molecule has 2 aromatic rings. The summed E-state index contributed by atoms with van der Waals surface area (Å²) in [7, 11) is -3.88. The summed E-state index contributed by atoms with van der Waals surface area (Å²) < 4.78 is 39.7. The topological polar surface area (TPSA) is 75.3 Å². The number of sulfonamides is 1. The van der Waals surface area contributed by atoms with Gasteiger partial charge in [-0.25, -0.2) is 17.5 Å². The maximum atomic E-state index is 13.2. The smallest absolute Gasteiger partial charge is 0.241 e. The number of carbonyl (C=O) groups is 1. The van der Waals surface area contributed by atoms with Crippen molar-refractivity contribution in [3.63, 3.8) is 0 Å². The fraction of sp³-hybridized carbons (Fsp3) is 0.235. The molecule has 2 aromatic carbocycles. The van der Waals surface area contributed by atoms with Crippen LogP contribution in [0.15, 0.2) is 41.3 Å². The number of amides is 1. The molecule has 0 aliphatic carbocycles. The summed E-state index contributed by atoms with van der Waals surface area (Å²) >= 11 is 0. The molecule has 0 bridgehead atoms. The van der Waals surface area contributed by atoms with E-state index < -0.39 is 28.3 Å². The molecule has 0 saturated heterocycles. The summed E-state index contributed by atoms with van der Waals surface area (Å²) in [4.78, 5) is 11.9. The molecule has 24 heavy (non-hydrogen) atoms. The molecule has 1 amide bonds. The summed E-state index contributed by atoms with van der Waals surface area (Å²) in [5.41, 5.74) is 2.81. The van der Waals surface area contributed by atoms with E-state index in [0.29, 0.717) is 5.69 Å². The van der Waals surface area contributed by atoms with Crippen molar-refractivity contribution in [2.45, 2.75) is 25.7 Å². The van der Waals surface area contributed by atoms with Crippen LogP contribution in [0, 0.1) is 26.6 Å². The standard InChI is InChI=1S/C17H19FN2O3S/c1-11-6-12(2)8-14(7-11)20-17(21)10-19-24(22,23)15-4-5-16(18)13(3)9-15/h4-9,19H,10H2,1-3H3,(H,20,21). The average Bonchev–Trinajstić information content (AvgIpc) is 2.47. The van der Waals surface area contributed by atoms with Gasteiger partial charge in [-0.2, -0.15) is 0 Å². The Morgan fingerprint density at radius 3 is 2.25 bits per heavy atom. The Morgan fingerprint density at radius 1 is 1.04 bits per heavy atom. The van der Waals surface area contributed by atoms with E-state index in [9.17, 15) is 17.6 Å². The molecule has 2 rings (SSSR count). The number of anilines is 1. The molecule has 0 fully saturated rings. The zero-order valence-electron chi connectivity index (χ0n) is 13.7. The first kappa shape index (κ1) is 18.1. The van der Waals surface area contributed by atoms with Crippen molar-refractivity contribution in [1.82, 2.24) is 4.72 Å². The third-order valence-corrected chi connectivity index (χ3v) is 4.77. The van der Waals surface area contributed by atoms with Gasteiger partial charge in [0.1, 0.15) is 5.82 Å². The SMILES string of the molecule is Cc1cc(C)cc(NC(=O)CNS(=O)(=O)c2ccc(F)c(C)c2)c1. The highest BCUT2D eigenvalue weighted by atomic mass is 32.2. The number of halogens is 1. The largest absolute Gasteiger partial charge is 0.325 e. The van der Waals surface area contributed by atoms with Gasteiger partial charge in [0.05, 0.1) is 11.4 Å². The van der Waals surface area contributed by atoms with Crippen LogP contribution in [0.25, 0.3) is 0 Å². The number of nitrogens with one attached hydrogen (secondary N) is 2. The molecule has 0 atom stereocenters. The minimum absolute atomic E-state index is 0.0828. The minimum atomic E-state index is -3.88. The van der Waals surface area contributed by atoms with Crippen LogP contribution in [-0.4, -0.2) is 20.9 Å². The molecule has 0 heterocycles. The predicted molar refractivity (Wildman–Crippen MR) is 90.9 cm³/mol. The van der Waals surface area contributed by atoms with Gasteiger partial charge in [0.25, 0.3) is 0 Å². The highest BCUT2D eigenvalue weighted by Crippen LogP contribution is 2.15. The lowest BCUT2D eigenvalue weighted by Gasteiger charge is -2.10. The molecule has 5 nitrogen and oxygen atoms in total. The second kappa shape index (κ2) is 7.11. The van der Waals surface area contributed by atoms with Crippen LogP contribution < -0.4 is 10.0 Å². The second-order valence-corrected chi connectivity index (χ2v) is 7.43. The molecule has 0 spiro atoms. The molecular formula is C17H19FN2O3S. The van der Waals surface area contributed by atoms with Crippen molar-refractivity contribution in [1.29, 1.82) is 0 Å². The number of aryl methyl sites for hydroxylation is 3. The molecule has 2 N–H and O–H groups in total. The molecule has 128 valence electrons. The number of carbonyl (C=O) groups excluding carboxylic acids is 1. The van der Waals surface area contributed by atoms with Crippen molar-refractivity contribution >= 4 is 21.6 Å². The molecule has 0 saturated carbocycles. The summed E-state index contributed by atoms with van der Waals surface area (Å²) in [5.74, 6) is -0.969. The van der Waals surface area contributed by atoms with Crippen LogP contribution in [0.1, 0.15) is 16.7 Å². The first-order valence-electron chi connectivity index (χ1n) is 7.31. The van der Waals surface area contributed by atoms with Crippen LogP contribution >= 0.6 is 0 Å². The number of rotatable bonds is 5. The van der Waals surface area contributed by atoms with Crippen molar-refractivity contribution in [3.05, 3.63) is 58.9 Å². The van der Waals surface area contributed by atoms with Crippen LogP contribution in [-0.2, 0) is 14.8 Å². The maximum Gasteiger partial charge on any atom is 0.241 e. The third-order valence-electron chi connectivity index (χ3n) is 3.37. The Kier molecular flexibility index (Phi) is 5.36. The first-order valence-corrected chi connectivity index (χ1v) is 8.80. The maximum absolute atomic E-state index is 13.2. The van der Waals surface area contributed by atoms with E-state index in [4.69, 9.17) is 0 Å². The summed E-state index contributed by atoms with van der Waals surface area (Å²) in [6.45, 7) is 4.87. The fourth-order valence-electron chi connectivity index (χ4n) is 2.28. The van der Waals surface area contributed by atoms with Gasteiger partial charge in [0.2, 0.25) is 15.9 Å². The van der Waals surface area contributed by atoms with Crippen LogP contribution in [0.2, 0.25) is 0 Å². The van der Waals surface area contributed by atoms with E-state index in [1.54, 1.807) is 12.1 Å². The summed E-state index contributed by atoms with van der Waals surface area (Å²) in [6.07, 6.45) is 0. The minimum Gasteiger partial charge on any atom is -0.325 e. The molecular weight excluding hydrogens is 331 g/mol. The van der Waals surface area contributed by atoms with E-state index in [1.807, 2.05) is 19.9 Å². The monoisotopic (exact) mass is 350 g/mol.